The first-order valence-corrected chi connectivity index (χ1v) is 7.66. The largest absolute Gasteiger partial charge is 0.486 e. The highest BCUT2D eigenvalue weighted by Gasteiger charge is 2.45. The van der Waals surface area contributed by atoms with Crippen LogP contribution in [0.25, 0.3) is 0 Å². The highest BCUT2D eigenvalue weighted by molar-refractivity contribution is 5.85. The average Bonchev–Trinajstić information content (AvgIpc) is 2.84. The lowest BCUT2D eigenvalue weighted by Gasteiger charge is -2.42. The van der Waals surface area contributed by atoms with Gasteiger partial charge in [-0.15, -0.1) is 0 Å². The van der Waals surface area contributed by atoms with Gasteiger partial charge in [0.15, 0.2) is 0 Å². The Morgan fingerprint density at radius 1 is 1.33 bits per heavy atom. The second-order valence-electron chi connectivity index (χ2n) is 6.35. The summed E-state index contributed by atoms with van der Waals surface area (Å²) in [6.07, 6.45) is 1.89. The van der Waals surface area contributed by atoms with Crippen LogP contribution in [0.15, 0.2) is 18.2 Å². The minimum atomic E-state index is -0.608. The number of rotatable bonds is 3. The molecule has 21 heavy (non-hydrogen) atoms. The molecule has 1 amide bonds. The number of nitrogens with zero attached hydrogens (tertiary/aromatic N) is 1. The third-order valence-electron chi connectivity index (χ3n) is 4.50. The van der Waals surface area contributed by atoms with E-state index in [-0.39, 0.29) is 12.0 Å². The van der Waals surface area contributed by atoms with E-state index in [1.807, 2.05) is 17.9 Å². The number of para-hydroxylation sites is 1. The number of carbonyl (C=O) groups excluding carboxylic acids is 1. The lowest BCUT2D eigenvalue weighted by atomic mass is 9.98. The fourth-order valence-corrected chi connectivity index (χ4v) is 3.11. The molecule has 2 aliphatic rings. The van der Waals surface area contributed by atoms with Crippen LogP contribution in [0.3, 0.4) is 0 Å². The van der Waals surface area contributed by atoms with Crippen molar-refractivity contribution in [3.8, 4) is 5.75 Å². The van der Waals surface area contributed by atoms with E-state index >= 15 is 0 Å². The van der Waals surface area contributed by atoms with Gasteiger partial charge in [-0.1, -0.05) is 18.2 Å². The monoisotopic (exact) mass is 289 g/mol. The van der Waals surface area contributed by atoms with Crippen molar-refractivity contribution in [1.82, 2.24) is 4.90 Å². The molecule has 0 unspecified atom stereocenters. The molecule has 0 saturated carbocycles. The van der Waals surface area contributed by atoms with Gasteiger partial charge in [-0.05, 0) is 44.7 Å². The van der Waals surface area contributed by atoms with Crippen LogP contribution < -0.4 is 4.74 Å². The molecule has 2 saturated heterocycles. The molecule has 1 aromatic carbocycles. The quantitative estimate of drug-likeness (QED) is 0.858. The van der Waals surface area contributed by atoms with E-state index < -0.39 is 5.60 Å². The van der Waals surface area contributed by atoms with Gasteiger partial charge in [0.05, 0.1) is 13.1 Å². The number of ether oxygens (including phenoxy) is 2. The van der Waals surface area contributed by atoms with Crippen LogP contribution in [0, 0.1) is 13.8 Å². The van der Waals surface area contributed by atoms with Crippen LogP contribution in [0.4, 0.5) is 0 Å². The molecular formula is C17H23NO3. The van der Waals surface area contributed by atoms with Crippen molar-refractivity contribution >= 4 is 5.91 Å². The fourth-order valence-electron chi connectivity index (χ4n) is 3.11. The summed E-state index contributed by atoms with van der Waals surface area (Å²) in [6, 6.07) is 6.14. The van der Waals surface area contributed by atoms with Crippen LogP contribution >= 0.6 is 0 Å². The number of carbonyl (C=O) groups is 1. The molecule has 0 bridgehead atoms. The molecule has 0 aliphatic carbocycles. The predicted octanol–water partition coefficient (Wildman–Crippen LogP) is 2.46. The van der Waals surface area contributed by atoms with Crippen LogP contribution in [0.5, 0.6) is 5.75 Å². The van der Waals surface area contributed by atoms with Crippen LogP contribution in [-0.4, -0.2) is 42.2 Å². The highest BCUT2D eigenvalue weighted by Crippen LogP contribution is 2.31. The Balaban J connectivity index is 1.58. The third-order valence-corrected chi connectivity index (χ3v) is 4.50. The summed E-state index contributed by atoms with van der Waals surface area (Å²) in [7, 11) is 0. The van der Waals surface area contributed by atoms with Crippen LogP contribution in [0.2, 0.25) is 0 Å². The Kier molecular flexibility index (Phi) is 3.66. The van der Waals surface area contributed by atoms with Gasteiger partial charge in [0.25, 0.3) is 5.91 Å². The maximum atomic E-state index is 12.4. The molecule has 0 N–H and O–H groups in total. The molecule has 2 aliphatic heterocycles. The number of likely N-dealkylation sites (tertiary alicyclic amines) is 1. The van der Waals surface area contributed by atoms with Gasteiger partial charge in [0, 0.05) is 6.61 Å². The van der Waals surface area contributed by atoms with Crippen molar-refractivity contribution in [2.75, 3.05) is 19.7 Å². The summed E-state index contributed by atoms with van der Waals surface area (Å²) < 4.78 is 11.7. The molecule has 114 valence electrons. The van der Waals surface area contributed by atoms with Gasteiger partial charge in [-0.25, -0.2) is 0 Å². The standard InChI is InChI=1S/C17H23NO3/c1-12-6-4-7-13(2)15(12)21-14-10-18(11-14)16(19)17(3)8-5-9-20-17/h4,6-7,14H,5,8-11H2,1-3H3/t17-/m1/s1. The zero-order valence-electron chi connectivity index (χ0n) is 13.0. The molecule has 4 nitrogen and oxygen atoms in total. The predicted molar refractivity (Wildman–Crippen MR) is 80.5 cm³/mol. The van der Waals surface area contributed by atoms with E-state index in [2.05, 4.69) is 26.0 Å². The highest BCUT2D eigenvalue weighted by atomic mass is 16.5. The number of hydrogen-bond donors (Lipinski definition) is 0. The minimum Gasteiger partial charge on any atom is -0.486 e. The van der Waals surface area contributed by atoms with Crippen molar-refractivity contribution in [1.29, 1.82) is 0 Å². The van der Waals surface area contributed by atoms with E-state index in [0.717, 1.165) is 29.7 Å². The summed E-state index contributed by atoms with van der Waals surface area (Å²) in [5, 5.41) is 0. The Bertz CT molecular complexity index is 523. The Hall–Kier alpha value is -1.55. The molecule has 2 fully saturated rings. The topological polar surface area (TPSA) is 38.8 Å². The zero-order chi connectivity index (χ0) is 15.0. The lowest BCUT2D eigenvalue weighted by molar-refractivity contribution is -0.159. The number of amides is 1. The van der Waals surface area contributed by atoms with Gasteiger partial charge in [-0.2, -0.15) is 0 Å². The van der Waals surface area contributed by atoms with E-state index in [0.29, 0.717) is 19.7 Å². The van der Waals surface area contributed by atoms with E-state index in [1.54, 1.807) is 0 Å². The maximum Gasteiger partial charge on any atom is 0.254 e. The molecule has 0 aromatic heterocycles. The lowest BCUT2D eigenvalue weighted by Crippen LogP contribution is -2.61. The molecule has 3 rings (SSSR count). The number of hydrogen-bond acceptors (Lipinski definition) is 3. The number of aryl methyl sites for hydroxylation is 2. The van der Waals surface area contributed by atoms with Crippen molar-refractivity contribution in [3.63, 3.8) is 0 Å². The van der Waals surface area contributed by atoms with Gasteiger partial charge < -0.3 is 14.4 Å². The van der Waals surface area contributed by atoms with Gasteiger partial charge >= 0.3 is 0 Å². The second-order valence-corrected chi connectivity index (χ2v) is 6.35. The maximum absolute atomic E-state index is 12.4. The Morgan fingerprint density at radius 3 is 2.57 bits per heavy atom. The van der Waals surface area contributed by atoms with Crippen molar-refractivity contribution in [2.24, 2.45) is 0 Å². The van der Waals surface area contributed by atoms with Crippen molar-refractivity contribution in [3.05, 3.63) is 29.3 Å². The van der Waals surface area contributed by atoms with Crippen LogP contribution in [0.1, 0.15) is 30.9 Å². The average molecular weight is 289 g/mol. The SMILES string of the molecule is Cc1cccc(C)c1OC1CN(C(=O)[C@@]2(C)CCCO2)C1. The molecule has 1 atom stereocenters. The fraction of sp³-hybridized carbons (Fsp3) is 0.588. The van der Waals surface area contributed by atoms with E-state index in [1.165, 1.54) is 0 Å². The Morgan fingerprint density at radius 2 is 2.00 bits per heavy atom. The summed E-state index contributed by atoms with van der Waals surface area (Å²) in [5.41, 5.74) is 1.68. The van der Waals surface area contributed by atoms with Gasteiger partial charge in [0.2, 0.25) is 0 Å². The third kappa shape index (κ3) is 2.64. The normalized spacial score (nSPS) is 25.8. The molecule has 1 aromatic rings. The molecule has 0 radical (unpaired) electrons. The summed E-state index contributed by atoms with van der Waals surface area (Å²) in [6.45, 7) is 8.02. The first-order chi connectivity index (χ1) is 9.99. The molecule has 4 heteroatoms. The minimum absolute atomic E-state index is 0.0961. The van der Waals surface area contributed by atoms with Crippen LogP contribution in [-0.2, 0) is 9.53 Å². The van der Waals surface area contributed by atoms with E-state index in [4.69, 9.17) is 9.47 Å². The second kappa shape index (κ2) is 5.34. The molecule has 0 spiro atoms. The Labute approximate surface area is 126 Å². The summed E-state index contributed by atoms with van der Waals surface area (Å²) in [4.78, 5) is 14.3. The summed E-state index contributed by atoms with van der Waals surface area (Å²) in [5.74, 6) is 1.07. The molecular weight excluding hydrogens is 266 g/mol. The smallest absolute Gasteiger partial charge is 0.254 e. The van der Waals surface area contributed by atoms with Gasteiger partial charge in [0.1, 0.15) is 17.5 Å². The first-order valence-electron chi connectivity index (χ1n) is 7.66. The van der Waals surface area contributed by atoms with E-state index in [9.17, 15) is 4.79 Å². The van der Waals surface area contributed by atoms with Crippen molar-refractivity contribution in [2.45, 2.75) is 45.3 Å². The first kappa shape index (κ1) is 14.4. The molecule has 2 heterocycles. The van der Waals surface area contributed by atoms with Crippen molar-refractivity contribution < 1.29 is 14.3 Å². The zero-order valence-corrected chi connectivity index (χ0v) is 13.0. The van der Waals surface area contributed by atoms with Gasteiger partial charge in [-0.3, -0.25) is 4.79 Å². The summed E-state index contributed by atoms with van der Waals surface area (Å²) >= 11 is 0. The number of benzene rings is 1.